The molecule has 1 heterocycles. The van der Waals surface area contributed by atoms with Crippen LogP contribution in [0.3, 0.4) is 0 Å². The molecule has 5 N–H and O–H groups in total. The highest BCUT2D eigenvalue weighted by Crippen LogP contribution is 2.17. The van der Waals surface area contributed by atoms with Gasteiger partial charge in [-0.05, 0) is 12.3 Å². The normalized spacial score (nSPS) is 13.7. The lowest BCUT2D eigenvalue weighted by molar-refractivity contribution is 0.501. The lowest BCUT2D eigenvalue weighted by Gasteiger charge is -2.11. The number of hydrogen-bond donors (Lipinski definition) is 3. The molecule has 12 heavy (non-hydrogen) atoms. The summed E-state index contributed by atoms with van der Waals surface area (Å²) in [6.07, 6.45) is 0.946. The van der Waals surface area contributed by atoms with Crippen molar-refractivity contribution in [1.82, 2.24) is 10.2 Å². The Morgan fingerprint density at radius 1 is 1.58 bits per heavy atom. The average Bonchev–Trinajstić information content (AvgIpc) is 2.34. The van der Waals surface area contributed by atoms with Crippen LogP contribution in [0.15, 0.2) is 6.07 Å². The Bertz CT molecular complexity index is 241. The molecule has 0 aromatic carbocycles. The zero-order valence-corrected chi connectivity index (χ0v) is 7.54. The second-order valence-corrected chi connectivity index (χ2v) is 3.48. The molecule has 0 aliphatic carbocycles. The average molecular weight is 168 g/mol. The smallest absolute Gasteiger partial charge is 0.145 e. The Morgan fingerprint density at radius 3 is 2.67 bits per heavy atom. The predicted molar refractivity (Wildman–Crippen MR) is 49.4 cm³/mol. The van der Waals surface area contributed by atoms with Crippen molar-refractivity contribution in [3.8, 4) is 0 Å². The van der Waals surface area contributed by atoms with E-state index in [0.29, 0.717) is 11.7 Å². The minimum atomic E-state index is 0.0230. The summed E-state index contributed by atoms with van der Waals surface area (Å²) in [7, 11) is 0. The van der Waals surface area contributed by atoms with Gasteiger partial charge in [-0.3, -0.25) is 5.10 Å². The maximum absolute atomic E-state index is 5.88. The Balaban J connectivity index is 2.58. The minimum absolute atomic E-state index is 0.0230. The molecule has 0 aliphatic rings. The number of aromatic nitrogens is 2. The molecule has 0 bridgehead atoms. The molecule has 4 nitrogen and oxygen atoms in total. The number of nitrogen functional groups attached to an aromatic ring is 1. The van der Waals surface area contributed by atoms with Gasteiger partial charge in [0.1, 0.15) is 5.82 Å². The molecule has 1 atom stereocenters. The van der Waals surface area contributed by atoms with E-state index in [1.54, 1.807) is 6.07 Å². The van der Waals surface area contributed by atoms with Crippen LogP contribution in [0.1, 0.15) is 32.0 Å². The van der Waals surface area contributed by atoms with Crippen LogP contribution in [0.25, 0.3) is 0 Å². The molecular formula is C8H16N4. The summed E-state index contributed by atoms with van der Waals surface area (Å²) < 4.78 is 0. The lowest BCUT2D eigenvalue weighted by Crippen LogP contribution is -2.13. The Kier molecular flexibility index (Phi) is 2.70. The van der Waals surface area contributed by atoms with Gasteiger partial charge in [-0.1, -0.05) is 13.8 Å². The van der Waals surface area contributed by atoms with Crippen LogP contribution < -0.4 is 11.5 Å². The van der Waals surface area contributed by atoms with Crippen molar-refractivity contribution in [1.29, 1.82) is 0 Å². The van der Waals surface area contributed by atoms with Gasteiger partial charge in [-0.15, -0.1) is 0 Å². The van der Waals surface area contributed by atoms with Crippen LogP contribution in [-0.4, -0.2) is 10.2 Å². The molecule has 0 saturated heterocycles. The van der Waals surface area contributed by atoms with Gasteiger partial charge in [0.25, 0.3) is 0 Å². The third-order valence-electron chi connectivity index (χ3n) is 1.74. The highest BCUT2D eigenvalue weighted by molar-refractivity contribution is 5.29. The molecule has 1 unspecified atom stereocenters. The number of H-pyrrole nitrogens is 1. The first-order valence-corrected chi connectivity index (χ1v) is 4.16. The van der Waals surface area contributed by atoms with E-state index in [0.717, 1.165) is 12.1 Å². The molecule has 68 valence electrons. The fourth-order valence-corrected chi connectivity index (χ4v) is 1.18. The van der Waals surface area contributed by atoms with Crippen LogP contribution in [0, 0.1) is 5.92 Å². The maximum atomic E-state index is 5.88. The fourth-order valence-electron chi connectivity index (χ4n) is 1.18. The summed E-state index contributed by atoms with van der Waals surface area (Å²) in [4.78, 5) is 0. The van der Waals surface area contributed by atoms with E-state index in [2.05, 4.69) is 24.0 Å². The first kappa shape index (κ1) is 9.06. The quantitative estimate of drug-likeness (QED) is 0.630. The number of nitrogens with one attached hydrogen (secondary N) is 1. The molecule has 0 aliphatic heterocycles. The van der Waals surface area contributed by atoms with Crippen molar-refractivity contribution in [2.45, 2.75) is 26.3 Å². The van der Waals surface area contributed by atoms with Crippen LogP contribution in [0.4, 0.5) is 5.82 Å². The second kappa shape index (κ2) is 3.58. The van der Waals surface area contributed by atoms with Crippen molar-refractivity contribution in [2.24, 2.45) is 11.7 Å². The van der Waals surface area contributed by atoms with E-state index in [1.807, 2.05) is 0 Å². The highest BCUT2D eigenvalue weighted by atomic mass is 15.2. The Hall–Kier alpha value is -1.03. The third-order valence-corrected chi connectivity index (χ3v) is 1.74. The molecule has 0 radical (unpaired) electrons. The summed E-state index contributed by atoms with van der Waals surface area (Å²) in [5.41, 5.74) is 12.2. The van der Waals surface area contributed by atoms with Gasteiger partial charge in [0.2, 0.25) is 0 Å². The summed E-state index contributed by atoms with van der Waals surface area (Å²) in [6.45, 7) is 4.28. The number of rotatable bonds is 3. The summed E-state index contributed by atoms with van der Waals surface area (Å²) in [5, 5.41) is 6.63. The van der Waals surface area contributed by atoms with Crippen LogP contribution >= 0.6 is 0 Å². The lowest BCUT2D eigenvalue weighted by atomic mass is 10.0. The van der Waals surface area contributed by atoms with Crippen LogP contribution in [-0.2, 0) is 0 Å². The van der Waals surface area contributed by atoms with Crippen molar-refractivity contribution >= 4 is 5.82 Å². The second-order valence-electron chi connectivity index (χ2n) is 3.48. The molecule has 0 amide bonds. The SMILES string of the molecule is CC(C)CC(N)c1cc(N)n[nH]1. The molecule has 0 spiro atoms. The first-order chi connectivity index (χ1) is 5.59. The van der Waals surface area contributed by atoms with Gasteiger partial charge in [0.15, 0.2) is 0 Å². The van der Waals surface area contributed by atoms with Gasteiger partial charge in [-0.25, -0.2) is 0 Å². The summed E-state index contributed by atoms with van der Waals surface area (Å²) in [5.74, 6) is 1.09. The van der Waals surface area contributed by atoms with Crippen LogP contribution in [0.5, 0.6) is 0 Å². The topological polar surface area (TPSA) is 80.7 Å². The van der Waals surface area contributed by atoms with Gasteiger partial charge < -0.3 is 11.5 Å². The molecule has 1 rings (SSSR count). The van der Waals surface area contributed by atoms with Crippen molar-refractivity contribution < 1.29 is 0 Å². The molecule has 0 fully saturated rings. The first-order valence-electron chi connectivity index (χ1n) is 4.16. The molecular weight excluding hydrogens is 152 g/mol. The largest absolute Gasteiger partial charge is 0.382 e. The number of nitrogens with zero attached hydrogens (tertiary/aromatic N) is 1. The van der Waals surface area contributed by atoms with Crippen molar-refractivity contribution in [2.75, 3.05) is 5.73 Å². The van der Waals surface area contributed by atoms with Gasteiger partial charge in [-0.2, -0.15) is 5.10 Å². The van der Waals surface area contributed by atoms with E-state index in [9.17, 15) is 0 Å². The maximum Gasteiger partial charge on any atom is 0.145 e. The van der Waals surface area contributed by atoms with Crippen LogP contribution in [0.2, 0.25) is 0 Å². The van der Waals surface area contributed by atoms with Gasteiger partial charge in [0, 0.05) is 12.1 Å². The third kappa shape index (κ3) is 2.23. The standard InChI is InChI=1S/C8H16N4/c1-5(2)3-6(9)7-4-8(10)12-11-7/h4-6H,3,9H2,1-2H3,(H3,10,11,12). The zero-order chi connectivity index (χ0) is 9.14. The Morgan fingerprint density at radius 2 is 2.25 bits per heavy atom. The molecule has 0 saturated carbocycles. The number of nitrogens with two attached hydrogens (primary N) is 2. The molecule has 1 aromatic heterocycles. The summed E-state index contributed by atoms with van der Waals surface area (Å²) in [6, 6.07) is 1.81. The zero-order valence-electron chi connectivity index (χ0n) is 7.54. The fraction of sp³-hybridized carbons (Fsp3) is 0.625. The molecule has 1 aromatic rings. The minimum Gasteiger partial charge on any atom is -0.382 e. The Labute approximate surface area is 72.3 Å². The number of aromatic amines is 1. The van der Waals surface area contributed by atoms with Crippen molar-refractivity contribution in [3.63, 3.8) is 0 Å². The van der Waals surface area contributed by atoms with E-state index in [1.165, 1.54) is 0 Å². The van der Waals surface area contributed by atoms with E-state index >= 15 is 0 Å². The van der Waals surface area contributed by atoms with Crippen molar-refractivity contribution in [3.05, 3.63) is 11.8 Å². The number of anilines is 1. The van der Waals surface area contributed by atoms with E-state index < -0.39 is 0 Å². The van der Waals surface area contributed by atoms with E-state index in [4.69, 9.17) is 11.5 Å². The van der Waals surface area contributed by atoms with Gasteiger partial charge >= 0.3 is 0 Å². The summed E-state index contributed by atoms with van der Waals surface area (Å²) >= 11 is 0. The van der Waals surface area contributed by atoms with Gasteiger partial charge in [0.05, 0.1) is 5.69 Å². The predicted octanol–water partition coefficient (Wildman–Crippen LogP) is 1.04. The highest BCUT2D eigenvalue weighted by Gasteiger charge is 2.10. The molecule has 4 heteroatoms. The number of hydrogen-bond acceptors (Lipinski definition) is 3. The monoisotopic (exact) mass is 168 g/mol. The van der Waals surface area contributed by atoms with E-state index in [-0.39, 0.29) is 6.04 Å².